The zero-order valence-corrected chi connectivity index (χ0v) is 15.9. The second-order valence-electron chi connectivity index (χ2n) is 7.25. The van der Waals surface area contributed by atoms with Crippen molar-refractivity contribution in [3.05, 3.63) is 23.3 Å². The second-order valence-corrected chi connectivity index (χ2v) is 7.25. The molecule has 0 aromatic heterocycles. The van der Waals surface area contributed by atoms with Gasteiger partial charge in [-0.3, -0.25) is 4.79 Å². The van der Waals surface area contributed by atoms with Crippen molar-refractivity contribution in [2.75, 3.05) is 6.61 Å². The van der Waals surface area contributed by atoms with E-state index in [1.165, 1.54) is 18.1 Å². The Balaban J connectivity index is 2.15. The number of epoxide rings is 1. The molecule has 1 rings (SSSR count). The number of carbonyl (C=O) groups excluding carboxylic acids is 1. The number of esters is 1. The highest BCUT2D eigenvalue weighted by molar-refractivity contribution is 5.66. The number of aliphatic hydroxyl groups excluding tert-OH is 1. The molecule has 0 amide bonds. The predicted octanol–water partition coefficient (Wildman–Crippen LogP) is 4.32. The number of hydrogen-bond acceptors (Lipinski definition) is 4. The summed E-state index contributed by atoms with van der Waals surface area (Å²) in [6.45, 7) is 9.78. The van der Waals surface area contributed by atoms with Crippen molar-refractivity contribution in [1.29, 1.82) is 0 Å². The fourth-order valence-electron chi connectivity index (χ4n) is 2.81. The van der Waals surface area contributed by atoms with Gasteiger partial charge in [-0.25, -0.2) is 0 Å². The van der Waals surface area contributed by atoms with Gasteiger partial charge < -0.3 is 14.6 Å². The van der Waals surface area contributed by atoms with E-state index in [4.69, 9.17) is 9.47 Å². The molecule has 0 aromatic rings. The summed E-state index contributed by atoms with van der Waals surface area (Å²) in [5.74, 6) is -0.209. The van der Waals surface area contributed by atoms with Gasteiger partial charge in [0.25, 0.3) is 0 Å². The average Bonchev–Trinajstić information content (AvgIpc) is 3.16. The third kappa shape index (κ3) is 8.11. The van der Waals surface area contributed by atoms with Crippen molar-refractivity contribution >= 4 is 5.97 Å². The van der Waals surface area contributed by atoms with Gasteiger partial charge in [0, 0.05) is 6.92 Å². The summed E-state index contributed by atoms with van der Waals surface area (Å²) in [5.41, 5.74) is 2.48. The smallest absolute Gasteiger partial charge is 0.302 e. The first kappa shape index (κ1) is 20.9. The number of aliphatic hydroxyl groups is 1. The molecule has 0 bridgehead atoms. The van der Waals surface area contributed by atoms with E-state index in [1.807, 2.05) is 13.8 Å². The van der Waals surface area contributed by atoms with E-state index in [0.717, 1.165) is 38.5 Å². The fraction of sp³-hybridized carbons (Fsp3) is 0.750. The standard InChI is InChI=1S/C20H34O4/c1-15(10-7-11-17(3)23-18(4)22)8-6-9-16(2)12-13-19-20(5,14-21)24-19/h9-10,17,19,21H,6-8,11-14H2,1-5H3/b15-10+,16-9+/t17?,19-,20-/m1/s1. The van der Waals surface area contributed by atoms with Crippen LogP contribution in [-0.4, -0.2) is 35.5 Å². The van der Waals surface area contributed by atoms with Gasteiger partial charge in [-0.15, -0.1) is 0 Å². The van der Waals surface area contributed by atoms with Crippen LogP contribution in [0.1, 0.15) is 73.1 Å². The molecule has 1 N–H and O–H groups in total. The Morgan fingerprint density at radius 3 is 2.42 bits per heavy atom. The first-order chi connectivity index (χ1) is 11.3. The molecule has 0 aliphatic carbocycles. The maximum atomic E-state index is 10.8. The van der Waals surface area contributed by atoms with Gasteiger partial charge in [0.1, 0.15) is 5.60 Å². The molecular formula is C20H34O4. The minimum Gasteiger partial charge on any atom is -0.463 e. The molecule has 0 aromatic carbocycles. The first-order valence-electron chi connectivity index (χ1n) is 9.04. The molecule has 1 aliphatic rings. The molecule has 0 saturated carbocycles. The summed E-state index contributed by atoms with van der Waals surface area (Å²) in [6, 6.07) is 0. The Hall–Kier alpha value is -1.13. The van der Waals surface area contributed by atoms with Crippen LogP contribution in [0, 0.1) is 0 Å². The van der Waals surface area contributed by atoms with Gasteiger partial charge in [0.2, 0.25) is 0 Å². The molecule has 1 fully saturated rings. The van der Waals surface area contributed by atoms with Crippen molar-refractivity contribution < 1.29 is 19.4 Å². The molecule has 0 radical (unpaired) electrons. The van der Waals surface area contributed by atoms with Gasteiger partial charge >= 0.3 is 5.97 Å². The molecule has 1 unspecified atom stereocenters. The van der Waals surface area contributed by atoms with Crippen LogP contribution in [0.3, 0.4) is 0 Å². The van der Waals surface area contributed by atoms with Crippen molar-refractivity contribution in [2.24, 2.45) is 0 Å². The van der Waals surface area contributed by atoms with Crippen LogP contribution in [0.5, 0.6) is 0 Å². The summed E-state index contributed by atoms with van der Waals surface area (Å²) < 4.78 is 10.6. The maximum absolute atomic E-state index is 10.8. The van der Waals surface area contributed by atoms with Crippen LogP contribution in [0.2, 0.25) is 0 Å². The lowest BCUT2D eigenvalue weighted by Gasteiger charge is -2.10. The molecule has 3 atom stereocenters. The highest BCUT2D eigenvalue weighted by Crippen LogP contribution is 2.39. The van der Waals surface area contributed by atoms with E-state index in [2.05, 4.69) is 26.0 Å². The van der Waals surface area contributed by atoms with Crippen LogP contribution in [-0.2, 0) is 14.3 Å². The lowest BCUT2D eigenvalue weighted by Crippen LogP contribution is -2.14. The Morgan fingerprint density at radius 2 is 1.83 bits per heavy atom. The zero-order chi connectivity index (χ0) is 18.2. The Morgan fingerprint density at radius 1 is 1.21 bits per heavy atom. The Labute approximate surface area is 146 Å². The fourth-order valence-corrected chi connectivity index (χ4v) is 2.81. The van der Waals surface area contributed by atoms with Crippen molar-refractivity contribution in [3.8, 4) is 0 Å². The quantitative estimate of drug-likeness (QED) is 0.346. The molecule has 4 nitrogen and oxygen atoms in total. The first-order valence-corrected chi connectivity index (χ1v) is 9.04. The Bertz CT molecular complexity index is 466. The van der Waals surface area contributed by atoms with Crippen LogP contribution in [0.25, 0.3) is 0 Å². The summed E-state index contributed by atoms with van der Waals surface area (Å²) in [6.07, 6.45) is 10.7. The van der Waals surface area contributed by atoms with E-state index in [9.17, 15) is 9.90 Å². The van der Waals surface area contributed by atoms with Gasteiger partial charge in [-0.2, -0.15) is 0 Å². The number of allylic oxidation sites excluding steroid dienone is 4. The monoisotopic (exact) mass is 338 g/mol. The van der Waals surface area contributed by atoms with E-state index in [1.54, 1.807) is 0 Å². The van der Waals surface area contributed by atoms with Crippen LogP contribution < -0.4 is 0 Å². The molecule has 138 valence electrons. The third-order valence-corrected chi connectivity index (χ3v) is 4.61. The van der Waals surface area contributed by atoms with Crippen molar-refractivity contribution in [2.45, 2.75) is 91.0 Å². The molecule has 24 heavy (non-hydrogen) atoms. The molecule has 0 spiro atoms. The normalized spacial score (nSPS) is 25.5. The highest BCUT2D eigenvalue weighted by Gasteiger charge is 2.50. The summed E-state index contributed by atoms with van der Waals surface area (Å²) in [5, 5.41) is 9.18. The summed E-state index contributed by atoms with van der Waals surface area (Å²) in [7, 11) is 0. The van der Waals surface area contributed by atoms with E-state index in [-0.39, 0.29) is 30.4 Å². The minimum absolute atomic E-state index is 0.0112. The zero-order valence-electron chi connectivity index (χ0n) is 15.9. The molecular weight excluding hydrogens is 304 g/mol. The van der Waals surface area contributed by atoms with Gasteiger partial charge in [-0.05, 0) is 66.2 Å². The van der Waals surface area contributed by atoms with Crippen LogP contribution in [0.4, 0.5) is 0 Å². The van der Waals surface area contributed by atoms with Crippen molar-refractivity contribution in [1.82, 2.24) is 0 Å². The molecule has 1 aliphatic heterocycles. The molecule has 1 heterocycles. The van der Waals surface area contributed by atoms with Crippen LogP contribution >= 0.6 is 0 Å². The minimum atomic E-state index is -0.289. The number of rotatable bonds is 11. The largest absolute Gasteiger partial charge is 0.463 e. The van der Waals surface area contributed by atoms with Gasteiger partial charge in [0.15, 0.2) is 0 Å². The van der Waals surface area contributed by atoms with E-state index in [0.29, 0.717) is 0 Å². The van der Waals surface area contributed by atoms with Gasteiger partial charge in [0.05, 0.1) is 18.8 Å². The van der Waals surface area contributed by atoms with E-state index < -0.39 is 0 Å². The SMILES string of the molecule is CC(=O)OC(C)CC/C=C(\C)CC/C=C(\C)CC[C@H]1O[C@]1(C)CO. The summed E-state index contributed by atoms with van der Waals surface area (Å²) in [4.78, 5) is 10.8. The highest BCUT2D eigenvalue weighted by atomic mass is 16.6. The van der Waals surface area contributed by atoms with Gasteiger partial charge in [-0.1, -0.05) is 23.3 Å². The average molecular weight is 338 g/mol. The topological polar surface area (TPSA) is 59.1 Å². The predicted molar refractivity (Wildman–Crippen MR) is 96.8 cm³/mol. The number of hydrogen-bond donors (Lipinski definition) is 1. The summed E-state index contributed by atoms with van der Waals surface area (Å²) >= 11 is 0. The molecule has 4 heteroatoms. The number of carbonyl (C=O) groups is 1. The molecule has 1 saturated heterocycles. The van der Waals surface area contributed by atoms with Crippen molar-refractivity contribution in [3.63, 3.8) is 0 Å². The lowest BCUT2D eigenvalue weighted by atomic mass is 10.0. The third-order valence-electron chi connectivity index (χ3n) is 4.61. The Kier molecular flexibility index (Phi) is 8.71. The van der Waals surface area contributed by atoms with E-state index >= 15 is 0 Å². The van der Waals surface area contributed by atoms with Crippen LogP contribution in [0.15, 0.2) is 23.3 Å². The number of ether oxygens (including phenoxy) is 2. The second kappa shape index (κ2) is 10.00. The maximum Gasteiger partial charge on any atom is 0.302 e. The lowest BCUT2D eigenvalue weighted by molar-refractivity contribution is -0.145.